The van der Waals surface area contributed by atoms with Crippen molar-refractivity contribution in [1.82, 2.24) is 4.98 Å². The molecule has 5 rings (SSSR count). The maximum atomic E-state index is 13.0. The van der Waals surface area contributed by atoms with Crippen LogP contribution >= 0.6 is 15.9 Å². The number of hydrogen-bond donors (Lipinski definition) is 0. The lowest BCUT2D eigenvalue weighted by Crippen LogP contribution is -2.10. The molecular formula is C40H32BrNO12. The summed E-state index contributed by atoms with van der Waals surface area (Å²) in [5, 5.41) is 0.0987. The molecule has 13 nitrogen and oxygen atoms in total. The largest absolute Gasteiger partial charge is 0.493 e. The third-order valence-electron chi connectivity index (χ3n) is 7.31. The van der Waals surface area contributed by atoms with Crippen LogP contribution in [0, 0.1) is 0 Å². The summed E-state index contributed by atoms with van der Waals surface area (Å²) in [4.78, 5) is 65.2. The van der Waals surface area contributed by atoms with Crippen molar-refractivity contribution in [2.75, 3.05) is 26.4 Å². The number of benzene rings is 4. The molecule has 276 valence electrons. The molecule has 0 spiro atoms. The van der Waals surface area contributed by atoms with Crippen molar-refractivity contribution in [3.63, 3.8) is 0 Å². The molecule has 0 radical (unpaired) electrons. The van der Waals surface area contributed by atoms with E-state index in [4.69, 9.17) is 32.8 Å². The average molecular weight is 799 g/mol. The third-order valence-corrected chi connectivity index (χ3v) is 7.93. The van der Waals surface area contributed by atoms with Gasteiger partial charge in [-0.2, -0.15) is 0 Å². The van der Waals surface area contributed by atoms with Crippen LogP contribution in [-0.2, 0) is 19.1 Å². The summed E-state index contributed by atoms with van der Waals surface area (Å²) in [5.74, 6) is -0.862. The zero-order valence-electron chi connectivity index (χ0n) is 28.6. The Labute approximate surface area is 316 Å². The first-order valence-corrected chi connectivity index (χ1v) is 17.2. The van der Waals surface area contributed by atoms with Crippen LogP contribution in [0.5, 0.6) is 23.0 Å². The Bertz CT molecular complexity index is 2230. The van der Waals surface area contributed by atoms with Crippen LogP contribution in [-0.4, -0.2) is 55.3 Å². The Morgan fingerprint density at radius 2 is 1.20 bits per heavy atom. The summed E-state index contributed by atoms with van der Waals surface area (Å²) < 4.78 is 37.9. The second kappa shape index (κ2) is 18.8. The SMILES string of the molecule is C=CC(=O)OCCCOc1ccc(C(=O)Oc2ccc3nc(-c4ccc(OC(=O)c5ccc(OCCCOC(=O)C=C)cc5)c(Br)c4)oc(=O)c3c2)cc1. The van der Waals surface area contributed by atoms with Crippen LogP contribution in [0.2, 0.25) is 0 Å². The zero-order valence-corrected chi connectivity index (χ0v) is 30.2. The van der Waals surface area contributed by atoms with Crippen LogP contribution < -0.4 is 24.6 Å². The van der Waals surface area contributed by atoms with Crippen LogP contribution in [0.4, 0.5) is 0 Å². The van der Waals surface area contributed by atoms with E-state index >= 15 is 0 Å². The molecule has 5 aromatic rings. The van der Waals surface area contributed by atoms with E-state index in [9.17, 15) is 24.0 Å². The molecule has 0 aliphatic heterocycles. The third kappa shape index (κ3) is 10.7. The van der Waals surface area contributed by atoms with Gasteiger partial charge in [0.2, 0.25) is 5.89 Å². The van der Waals surface area contributed by atoms with Gasteiger partial charge in [0.15, 0.2) is 0 Å². The number of rotatable bonds is 17. The highest BCUT2D eigenvalue weighted by molar-refractivity contribution is 9.10. The number of hydrogen-bond acceptors (Lipinski definition) is 13. The monoisotopic (exact) mass is 797 g/mol. The molecular weight excluding hydrogens is 766 g/mol. The first-order chi connectivity index (χ1) is 26.1. The molecule has 1 heterocycles. The van der Waals surface area contributed by atoms with Crippen molar-refractivity contribution in [1.29, 1.82) is 0 Å². The van der Waals surface area contributed by atoms with Gasteiger partial charge in [-0.05, 0) is 101 Å². The van der Waals surface area contributed by atoms with E-state index in [1.54, 1.807) is 48.5 Å². The first kappa shape index (κ1) is 38.7. The Balaban J connectivity index is 1.16. The first-order valence-electron chi connectivity index (χ1n) is 16.4. The van der Waals surface area contributed by atoms with Crippen LogP contribution in [0.25, 0.3) is 22.4 Å². The molecule has 0 atom stereocenters. The molecule has 14 heteroatoms. The second-order valence-electron chi connectivity index (χ2n) is 11.1. The molecule has 54 heavy (non-hydrogen) atoms. The summed E-state index contributed by atoms with van der Waals surface area (Å²) in [5.41, 5.74) is 0.567. The average Bonchev–Trinajstić information content (AvgIpc) is 3.18. The smallest absolute Gasteiger partial charge is 0.347 e. The fourth-order valence-corrected chi connectivity index (χ4v) is 5.07. The minimum atomic E-state index is -0.705. The topological polar surface area (TPSA) is 167 Å². The normalized spacial score (nSPS) is 10.5. The minimum Gasteiger partial charge on any atom is -0.493 e. The number of nitrogens with zero attached hydrogens (tertiary/aromatic N) is 1. The van der Waals surface area contributed by atoms with Crippen LogP contribution in [0.15, 0.2) is 124 Å². The summed E-state index contributed by atoms with van der Waals surface area (Å²) in [6, 6.07) is 21.8. The van der Waals surface area contributed by atoms with Crippen LogP contribution in [0.1, 0.15) is 33.6 Å². The van der Waals surface area contributed by atoms with Gasteiger partial charge in [0, 0.05) is 30.6 Å². The molecule has 0 saturated carbocycles. The number of esters is 4. The Morgan fingerprint density at radius 3 is 1.74 bits per heavy atom. The second-order valence-corrected chi connectivity index (χ2v) is 12.0. The molecule has 0 N–H and O–H groups in total. The molecule has 0 unspecified atom stereocenters. The van der Waals surface area contributed by atoms with Crippen molar-refractivity contribution >= 4 is 50.7 Å². The fourth-order valence-electron chi connectivity index (χ4n) is 4.62. The minimum absolute atomic E-state index is 0.0189. The van der Waals surface area contributed by atoms with Crippen molar-refractivity contribution in [3.05, 3.63) is 136 Å². The summed E-state index contributed by atoms with van der Waals surface area (Å²) in [7, 11) is 0. The lowest BCUT2D eigenvalue weighted by Gasteiger charge is -2.10. The lowest BCUT2D eigenvalue weighted by molar-refractivity contribution is -0.138. The molecule has 0 aliphatic rings. The van der Waals surface area contributed by atoms with Crippen molar-refractivity contribution in [2.45, 2.75) is 12.8 Å². The molecule has 0 aliphatic carbocycles. The predicted molar refractivity (Wildman–Crippen MR) is 199 cm³/mol. The molecule has 0 saturated heterocycles. The highest BCUT2D eigenvalue weighted by Gasteiger charge is 2.16. The summed E-state index contributed by atoms with van der Waals surface area (Å²) in [6.07, 6.45) is 3.14. The van der Waals surface area contributed by atoms with E-state index in [0.717, 1.165) is 12.2 Å². The summed E-state index contributed by atoms with van der Waals surface area (Å²) in [6.45, 7) is 7.67. The van der Waals surface area contributed by atoms with Crippen molar-refractivity contribution in [3.8, 4) is 34.5 Å². The van der Waals surface area contributed by atoms with Gasteiger partial charge in [-0.1, -0.05) is 13.2 Å². The quantitative estimate of drug-likeness (QED) is 0.0407. The molecule has 4 aromatic carbocycles. The van der Waals surface area contributed by atoms with Gasteiger partial charge in [0.1, 0.15) is 23.0 Å². The lowest BCUT2D eigenvalue weighted by atomic mass is 10.2. The van der Waals surface area contributed by atoms with Crippen LogP contribution in [0.3, 0.4) is 0 Å². The van der Waals surface area contributed by atoms with Gasteiger partial charge in [0.25, 0.3) is 0 Å². The van der Waals surface area contributed by atoms with Gasteiger partial charge in [0.05, 0.1) is 52.9 Å². The Kier molecular flexibility index (Phi) is 13.5. The number of halogens is 1. The maximum Gasteiger partial charge on any atom is 0.347 e. The van der Waals surface area contributed by atoms with Gasteiger partial charge < -0.3 is 32.8 Å². The maximum absolute atomic E-state index is 13.0. The van der Waals surface area contributed by atoms with Gasteiger partial charge in [-0.25, -0.2) is 29.0 Å². The standard InChI is InChI=1S/C40H32BrNO12/c1-3-35(43)50-21-5-19-48-28-12-7-25(8-13-28)38(45)52-30-16-17-33-31(24-30)40(47)54-37(42-33)27-11-18-34(32(41)23-27)53-39(46)26-9-14-29(15-10-26)49-20-6-22-51-36(44)4-2/h3-4,7-18,23-24H,1-2,5-6,19-22H2. The van der Waals surface area contributed by atoms with Gasteiger partial charge in [-0.3, -0.25) is 0 Å². The van der Waals surface area contributed by atoms with E-state index in [0.29, 0.717) is 53.1 Å². The van der Waals surface area contributed by atoms with Crippen molar-refractivity contribution in [2.24, 2.45) is 0 Å². The number of fused-ring (bicyclic) bond motifs is 1. The molecule has 0 amide bonds. The number of aromatic nitrogens is 1. The predicted octanol–water partition coefficient (Wildman–Crippen LogP) is 7.05. The number of carbonyl (C=O) groups excluding carboxylic acids is 4. The highest BCUT2D eigenvalue weighted by Crippen LogP contribution is 2.31. The van der Waals surface area contributed by atoms with E-state index in [1.807, 2.05) is 0 Å². The fraction of sp³-hybridized carbons (Fsp3) is 0.150. The summed E-state index contributed by atoms with van der Waals surface area (Å²) >= 11 is 3.40. The molecule has 0 bridgehead atoms. The van der Waals surface area contributed by atoms with Gasteiger partial charge in [-0.15, -0.1) is 0 Å². The van der Waals surface area contributed by atoms with Gasteiger partial charge >= 0.3 is 29.5 Å². The molecule has 1 aromatic heterocycles. The number of carbonyl (C=O) groups is 4. The van der Waals surface area contributed by atoms with E-state index < -0.39 is 29.5 Å². The highest BCUT2D eigenvalue weighted by atomic mass is 79.9. The molecule has 0 fully saturated rings. The Morgan fingerprint density at radius 1 is 0.667 bits per heavy atom. The zero-order chi connectivity index (χ0) is 38.5. The van der Waals surface area contributed by atoms with Crippen molar-refractivity contribution < 1.29 is 52.0 Å². The number of ether oxygens (including phenoxy) is 6. The van der Waals surface area contributed by atoms with E-state index in [1.165, 1.54) is 36.4 Å². The van der Waals surface area contributed by atoms with E-state index in [-0.39, 0.29) is 47.1 Å². The van der Waals surface area contributed by atoms with E-state index in [2.05, 4.69) is 34.1 Å². The Hall–Kier alpha value is -6.54.